The first-order valence-electron chi connectivity index (χ1n) is 12.2. The van der Waals surface area contributed by atoms with Crippen LogP contribution < -0.4 is 19.7 Å². The maximum Gasteiger partial charge on any atom is 0.328 e. The van der Waals surface area contributed by atoms with Crippen LogP contribution in [0, 0.1) is 0 Å². The van der Waals surface area contributed by atoms with Gasteiger partial charge in [0, 0.05) is 17.3 Å². The normalized spacial score (nSPS) is 22.6. The first-order valence-corrected chi connectivity index (χ1v) is 14.1. The molecule has 196 valence electrons. The number of nitrogens with one attached hydrogen (secondary N) is 2. The predicted molar refractivity (Wildman–Crippen MR) is 140 cm³/mol. The number of amides is 3. The van der Waals surface area contributed by atoms with Gasteiger partial charge >= 0.3 is 6.03 Å². The number of urea groups is 1. The fourth-order valence-corrected chi connectivity index (χ4v) is 5.58. The molecule has 1 fully saturated rings. The fraction of sp³-hybridized carbons (Fsp3) is 0.407. The number of aryl methyl sites for hydroxylation is 1. The summed E-state index contributed by atoms with van der Waals surface area (Å²) >= 11 is 0. The lowest BCUT2D eigenvalue weighted by Gasteiger charge is -2.28. The van der Waals surface area contributed by atoms with Crippen LogP contribution in [0.1, 0.15) is 49.8 Å². The number of carbonyl (C=O) groups is 2. The van der Waals surface area contributed by atoms with E-state index in [4.69, 9.17) is 9.47 Å². The summed E-state index contributed by atoms with van der Waals surface area (Å²) in [5, 5.41) is 2.87. The molecule has 2 aliphatic heterocycles. The molecule has 0 aromatic heterocycles. The van der Waals surface area contributed by atoms with Crippen LogP contribution in [0.25, 0.3) is 11.1 Å². The molecule has 0 radical (unpaired) electrons. The molecule has 3 unspecified atom stereocenters. The number of epoxide rings is 1. The highest BCUT2D eigenvalue weighted by Gasteiger charge is 2.41. The van der Waals surface area contributed by atoms with Gasteiger partial charge in [-0.25, -0.2) is 13.2 Å². The second kappa shape index (κ2) is 8.88. The average Bonchev–Trinajstić information content (AvgIpc) is 3.42. The van der Waals surface area contributed by atoms with Crippen LogP contribution >= 0.6 is 0 Å². The monoisotopic (exact) mass is 525 g/mol. The molecule has 1 aliphatic carbocycles. The van der Waals surface area contributed by atoms with Crippen LogP contribution in [0.2, 0.25) is 0 Å². The van der Waals surface area contributed by atoms with Crippen LogP contribution in [0.3, 0.4) is 0 Å². The van der Waals surface area contributed by atoms with Crippen molar-refractivity contribution >= 4 is 27.6 Å². The smallest absolute Gasteiger partial charge is 0.328 e. The highest BCUT2D eigenvalue weighted by atomic mass is 32.2. The molecular weight excluding hydrogens is 494 g/mol. The first-order chi connectivity index (χ1) is 17.4. The molecule has 37 heavy (non-hydrogen) atoms. The SMILES string of the molecule is COc1c(-c2ccc3c(c2)CCC3C(=O)NS(C)(=O)=O)cc(N2C=CC3OC3NC2=O)cc1C(C)(C)C. The molecule has 0 bridgehead atoms. The maximum absolute atomic E-state index is 12.9. The maximum atomic E-state index is 12.9. The minimum atomic E-state index is -3.63. The van der Waals surface area contributed by atoms with E-state index >= 15 is 0 Å². The second-order valence-electron chi connectivity index (χ2n) is 10.7. The summed E-state index contributed by atoms with van der Waals surface area (Å²) in [4.78, 5) is 27.1. The van der Waals surface area contributed by atoms with Gasteiger partial charge in [0.1, 0.15) is 11.9 Å². The number of benzene rings is 2. The lowest BCUT2D eigenvalue weighted by Crippen LogP contribution is -2.37. The van der Waals surface area contributed by atoms with Crippen molar-refractivity contribution in [3.05, 3.63) is 59.3 Å². The van der Waals surface area contributed by atoms with Gasteiger partial charge in [0.05, 0.1) is 25.0 Å². The van der Waals surface area contributed by atoms with Crippen molar-refractivity contribution in [3.8, 4) is 16.9 Å². The molecule has 2 aromatic rings. The van der Waals surface area contributed by atoms with Gasteiger partial charge in [-0.15, -0.1) is 0 Å². The Bertz CT molecular complexity index is 1430. The third kappa shape index (κ3) is 4.95. The molecule has 5 rings (SSSR count). The first kappa shape index (κ1) is 25.3. The Hall–Kier alpha value is -3.37. The summed E-state index contributed by atoms with van der Waals surface area (Å²) in [6.07, 6.45) is 5.36. The highest BCUT2D eigenvalue weighted by Crippen LogP contribution is 2.44. The Balaban J connectivity index is 1.58. The van der Waals surface area contributed by atoms with Gasteiger partial charge in [-0.2, -0.15) is 0 Å². The van der Waals surface area contributed by atoms with Gasteiger partial charge in [-0.3, -0.25) is 14.4 Å². The minimum absolute atomic E-state index is 0.113. The molecule has 3 aliphatic rings. The third-order valence-corrected chi connectivity index (χ3v) is 7.51. The van der Waals surface area contributed by atoms with Crippen molar-refractivity contribution in [2.75, 3.05) is 18.3 Å². The van der Waals surface area contributed by atoms with Crippen LogP contribution in [-0.4, -0.2) is 46.1 Å². The van der Waals surface area contributed by atoms with E-state index in [1.54, 1.807) is 18.2 Å². The summed E-state index contributed by atoms with van der Waals surface area (Å²) < 4.78 is 36.6. The van der Waals surface area contributed by atoms with Crippen molar-refractivity contribution < 1.29 is 27.5 Å². The van der Waals surface area contributed by atoms with Gasteiger partial charge in [-0.05, 0) is 53.2 Å². The lowest BCUT2D eigenvalue weighted by molar-refractivity contribution is -0.120. The summed E-state index contributed by atoms with van der Waals surface area (Å²) in [5.41, 5.74) is 4.88. The largest absolute Gasteiger partial charge is 0.496 e. The third-order valence-electron chi connectivity index (χ3n) is 6.93. The quantitative estimate of drug-likeness (QED) is 0.577. The van der Waals surface area contributed by atoms with Gasteiger partial charge in [0.15, 0.2) is 6.23 Å². The topological polar surface area (TPSA) is 117 Å². The fourth-order valence-electron chi connectivity index (χ4n) is 5.07. The second-order valence-corrected chi connectivity index (χ2v) is 12.5. The number of sulfonamides is 1. The molecule has 2 heterocycles. The number of rotatable bonds is 5. The van der Waals surface area contributed by atoms with Gasteiger partial charge in [0.25, 0.3) is 0 Å². The molecule has 10 heteroatoms. The van der Waals surface area contributed by atoms with E-state index in [0.29, 0.717) is 24.3 Å². The zero-order valence-corrected chi connectivity index (χ0v) is 22.3. The standard InChI is InChI=1S/C27H31N3O6S/c1-27(2,3)21-14-17(30-11-10-22-25(36-22)28-26(30)32)13-20(23(21)35-4)16-6-8-18-15(12-16)7-9-19(18)24(31)29-37(5,33)34/h6,8,10-14,19,22,25H,7,9H2,1-5H3,(H,28,32)(H,29,31). The van der Waals surface area contributed by atoms with E-state index in [9.17, 15) is 18.0 Å². The zero-order chi connectivity index (χ0) is 26.7. The number of ether oxygens (including phenoxy) is 2. The predicted octanol–water partition coefficient (Wildman–Crippen LogP) is 3.53. The average molecular weight is 526 g/mol. The van der Waals surface area contributed by atoms with Crippen LogP contribution in [0.15, 0.2) is 42.6 Å². The lowest BCUT2D eigenvalue weighted by atomic mass is 9.83. The number of hydrogen-bond donors (Lipinski definition) is 2. The van der Waals surface area contributed by atoms with Crippen LogP contribution in [0.4, 0.5) is 10.5 Å². The number of anilines is 1. The van der Waals surface area contributed by atoms with Crippen molar-refractivity contribution in [2.45, 2.75) is 57.3 Å². The Morgan fingerprint density at radius 3 is 2.65 bits per heavy atom. The Kier molecular flexibility index (Phi) is 6.07. The molecule has 0 spiro atoms. The molecule has 2 N–H and O–H groups in total. The van der Waals surface area contributed by atoms with Gasteiger partial charge in [0.2, 0.25) is 15.9 Å². The minimum Gasteiger partial charge on any atom is -0.496 e. The van der Waals surface area contributed by atoms with Crippen molar-refractivity contribution in [2.24, 2.45) is 0 Å². The van der Waals surface area contributed by atoms with Gasteiger partial charge < -0.3 is 14.8 Å². The Morgan fingerprint density at radius 1 is 1.22 bits per heavy atom. The number of hydrogen-bond acceptors (Lipinski definition) is 6. The molecular formula is C27H31N3O6S. The molecule has 9 nitrogen and oxygen atoms in total. The number of fused-ring (bicyclic) bond motifs is 2. The summed E-state index contributed by atoms with van der Waals surface area (Å²) in [6, 6.07) is 9.46. The van der Waals surface area contributed by atoms with Crippen molar-refractivity contribution in [3.63, 3.8) is 0 Å². The Morgan fingerprint density at radius 2 is 1.97 bits per heavy atom. The summed E-state index contributed by atoms with van der Waals surface area (Å²) in [6.45, 7) is 6.27. The summed E-state index contributed by atoms with van der Waals surface area (Å²) in [7, 11) is -2.00. The van der Waals surface area contributed by atoms with Crippen molar-refractivity contribution in [1.29, 1.82) is 0 Å². The molecule has 3 atom stereocenters. The molecule has 0 saturated carbocycles. The van der Waals surface area contributed by atoms with Crippen LogP contribution in [-0.2, 0) is 31.4 Å². The van der Waals surface area contributed by atoms with E-state index < -0.39 is 21.8 Å². The van der Waals surface area contributed by atoms with Gasteiger partial charge in [-0.1, -0.05) is 39.0 Å². The Labute approximate surface area is 216 Å². The molecule has 3 amide bonds. The van der Waals surface area contributed by atoms with E-state index in [2.05, 4.69) is 30.8 Å². The van der Waals surface area contributed by atoms with E-state index in [1.165, 1.54) is 0 Å². The van der Waals surface area contributed by atoms with E-state index in [1.807, 2.05) is 36.4 Å². The number of methoxy groups -OCH3 is 1. The highest BCUT2D eigenvalue weighted by molar-refractivity contribution is 7.89. The van der Waals surface area contributed by atoms with Crippen molar-refractivity contribution in [1.82, 2.24) is 10.0 Å². The molecule has 1 saturated heterocycles. The molecule has 2 aromatic carbocycles. The zero-order valence-electron chi connectivity index (χ0n) is 21.5. The number of nitrogens with zero attached hydrogens (tertiary/aromatic N) is 1. The van der Waals surface area contributed by atoms with E-state index in [-0.39, 0.29) is 23.8 Å². The number of carbonyl (C=O) groups excluding carboxylic acids is 2. The summed E-state index contributed by atoms with van der Waals surface area (Å²) in [5.74, 6) is -0.313. The van der Waals surface area contributed by atoms with Crippen LogP contribution in [0.5, 0.6) is 5.75 Å². The van der Waals surface area contributed by atoms with E-state index in [0.717, 1.165) is 34.1 Å².